The highest BCUT2D eigenvalue weighted by atomic mass is 16.3. The standard InChI is InChI=1S/C11H16N2O/c12-9-7-8(4-5-11(9)14)10-3-1-2-6-13-10/h4-5,7,10,13-14H,1-3,6,12H2. The summed E-state index contributed by atoms with van der Waals surface area (Å²) in [6, 6.07) is 5.88. The SMILES string of the molecule is Nc1cc(C2CCCCN2)ccc1O. The molecule has 76 valence electrons. The molecule has 1 saturated heterocycles. The number of aromatic hydroxyl groups is 1. The Bertz CT molecular complexity index is 319. The van der Waals surface area contributed by atoms with Gasteiger partial charge in [0.15, 0.2) is 0 Å². The van der Waals surface area contributed by atoms with Gasteiger partial charge in [-0.25, -0.2) is 0 Å². The van der Waals surface area contributed by atoms with Gasteiger partial charge in [-0.05, 0) is 37.1 Å². The topological polar surface area (TPSA) is 58.3 Å². The van der Waals surface area contributed by atoms with E-state index >= 15 is 0 Å². The summed E-state index contributed by atoms with van der Waals surface area (Å²) in [4.78, 5) is 0. The second-order valence-electron chi connectivity index (χ2n) is 3.82. The first-order valence-corrected chi connectivity index (χ1v) is 5.09. The first-order valence-electron chi connectivity index (χ1n) is 5.09. The van der Waals surface area contributed by atoms with Crippen molar-refractivity contribution in [2.45, 2.75) is 25.3 Å². The number of piperidine rings is 1. The summed E-state index contributed by atoms with van der Waals surface area (Å²) in [5, 5.41) is 12.7. The fraction of sp³-hybridized carbons (Fsp3) is 0.455. The van der Waals surface area contributed by atoms with Gasteiger partial charge in [-0.1, -0.05) is 12.5 Å². The van der Waals surface area contributed by atoms with Crippen molar-refractivity contribution in [3.63, 3.8) is 0 Å². The summed E-state index contributed by atoms with van der Waals surface area (Å²) in [6.45, 7) is 1.07. The number of benzene rings is 1. The maximum atomic E-state index is 9.30. The van der Waals surface area contributed by atoms with Crippen LogP contribution >= 0.6 is 0 Å². The number of hydrogen-bond acceptors (Lipinski definition) is 3. The van der Waals surface area contributed by atoms with Crippen molar-refractivity contribution in [3.05, 3.63) is 23.8 Å². The van der Waals surface area contributed by atoms with Crippen LogP contribution in [0, 0.1) is 0 Å². The number of rotatable bonds is 1. The molecule has 1 fully saturated rings. The molecule has 0 saturated carbocycles. The fourth-order valence-electron chi connectivity index (χ4n) is 1.93. The third-order valence-corrected chi connectivity index (χ3v) is 2.76. The Kier molecular flexibility index (Phi) is 2.59. The number of nitrogens with two attached hydrogens (primary N) is 1. The van der Waals surface area contributed by atoms with Crippen molar-refractivity contribution in [1.29, 1.82) is 0 Å². The molecule has 1 aliphatic rings. The molecule has 1 atom stereocenters. The van der Waals surface area contributed by atoms with Gasteiger partial charge < -0.3 is 16.2 Å². The molecule has 0 bridgehead atoms. The Morgan fingerprint density at radius 1 is 1.36 bits per heavy atom. The molecule has 0 aliphatic carbocycles. The maximum Gasteiger partial charge on any atom is 0.138 e. The van der Waals surface area contributed by atoms with Crippen LogP contribution in [0.2, 0.25) is 0 Å². The zero-order valence-electron chi connectivity index (χ0n) is 8.16. The molecule has 3 nitrogen and oxygen atoms in total. The first kappa shape index (κ1) is 9.34. The number of nitrogen functional groups attached to an aromatic ring is 1. The van der Waals surface area contributed by atoms with E-state index in [1.54, 1.807) is 6.07 Å². The molecule has 0 amide bonds. The third kappa shape index (κ3) is 1.82. The van der Waals surface area contributed by atoms with Crippen molar-refractivity contribution in [2.75, 3.05) is 12.3 Å². The van der Waals surface area contributed by atoms with Crippen molar-refractivity contribution in [1.82, 2.24) is 5.32 Å². The summed E-state index contributed by atoms with van der Waals surface area (Å²) in [5.41, 5.74) is 7.30. The molecule has 0 spiro atoms. The highest BCUT2D eigenvalue weighted by molar-refractivity contribution is 5.53. The molecule has 14 heavy (non-hydrogen) atoms. The maximum absolute atomic E-state index is 9.30. The van der Waals surface area contributed by atoms with Crippen LogP contribution in [0.5, 0.6) is 5.75 Å². The lowest BCUT2D eigenvalue weighted by molar-refractivity contribution is 0.411. The number of phenolic OH excluding ortho intramolecular Hbond substituents is 1. The van der Waals surface area contributed by atoms with Crippen LogP contribution in [0.4, 0.5) is 5.69 Å². The van der Waals surface area contributed by atoms with Crippen molar-refractivity contribution >= 4 is 5.69 Å². The van der Waals surface area contributed by atoms with Crippen LogP contribution in [0.3, 0.4) is 0 Å². The van der Waals surface area contributed by atoms with E-state index in [9.17, 15) is 5.11 Å². The Balaban J connectivity index is 2.18. The second kappa shape index (κ2) is 3.88. The van der Waals surface area contributed by atoms with Gasteiger partial charge in [0.25, 0.3) is 0 Å². The molecule has 2 rings (SSSR count). The minimum Gasteiger partial charge on any atom is -0.506 e. The molecule has 1 unspecified atom stereocenters. The van der Waals surface area contributed by atoms with E-state index < -0.39 is 0 Å². The quantitative estimate of drug-likeness (QED) is 0.469. The lowest BCUT2D eigenvalue weighted by Crippen LogP contribution is -2.26. The van der Waals surface area contributed by atoms with Gasteiger partial charge >= 0.3 is 0 Å². The summed E-state index contributed by atoms with van der Waals surface area (Å²) >= 11 is 0. The van der Waals surface area contributed by atoms with E-state index in [0.717, 1.165) is 13.0 Å². The van der Waals surface area contributed by atoms with Crippen molar-refractivity contribution in [3.8, 4) is 5.75 Å². The molecule has 4 N–H and O–H groups in total. The van der Waals surface area contributed by atoms with Crippen LogP contribution in [0.25, 0.3) is 0 Å². The molecular formula is C11H16N2O. The number of nitrogens with one attached hydrogen (secondary N) is 1. The highest BCUT2D eigenvalue weighted by Crippen LogP contribution is 2.28. The first-order chi connectivity index (χ1) is 6.77. The minimum absolute atomic E-state index is 0.171. The Hall–Kier alpha value is -1.22. The predicted octanol–water partition coefficient (Wildman–Crippen LogP) is 1.79. The van der Waals surface area contributed by atoms with Gasteiger partial charge in [-0.15, -0.1) is 0 Å². The smallest absolute Gasteiger partial charge is 0.138 e. The number of hydrogen-bond donors (Lipinski definition) is 3. The molecule has 1 aliphatic heterocycles. The zero-order chi connectivity index (χ0) is 9.97. The molecule has 3 heteroatoms. The van der Waals surface area contributed by atoms with Gasteiger partial charge in [0, 0.05) is 6.04 Å². The summed E-state index contributed by atoms with van der Waals surface area (Å²) in [7, 11) is 0. The monoisotopic (exact) mass is 192 g/mol. The van der Waals surface area contributed by atoms with E-state index in [1.165, 1.54) is 18.4 Å². The highest BCUT2D eigenvalue weighted by Gasteiger charge is 2.14. The van der Waals surface area contributed by atoms with E-state index in [-0.39, 0.29) is 5.75 Å². The number of anilines is 1. The fourth-order valence-corrected chi connectivity index (χ4v) is 1.93. The van der Waals surface area contributed by atoms with Gasteiger partial charge in [-0.2, -0.15) is 0 Å². The van der Waals surface area contributed by atoms with Gasteiger partial charge in [-0.3, -0.25) is 0 Å². The zero-order valence-corrected chi connectivity index (χ0v) is 8.16. The summed E-state index contributed by atoms with van der Waals surface area (Å²) in [5.74, 6) is 0.171. The summed E-state index contributed by atoms with van der Waals surface area (Å²) in [6.07, 6.45) is 3.67. The van der Waals surface area contributed by atoms with Crippen molar-refractivity contribution < 1.29 is 5.11 Å². The molecule has 0 aromatic heterocycles. The van der Waals surface area contributed by atoms with Crippen LogP contribution < -0.4 is 11.1 Å². The normalized spacial score (nSPS) is 22.1. The van der Waals surface area contributed by atoms with Crippen LogP contribution in [0.15, 0.2) is 18.2 Å². The lowest BCUT2D eigenvalue weighted by atomic mass is 9.97. The van der Waals surface area contributed by atoms with Gasteiger partial charge in [0.2, 0.25) is 0 Å². The Morgan fingerprint density at radius 3 is 2.86 bits per heavy atom. The predicted molar refractivity (Wildman–Crippen MR) is 57.1 cm³/mol. The van der Waals surface area contributed by atoms with Crippen molar-refractivity contribution in [2.24, 2.45) is 0 Å². The molecule has 1 heterocycles. The second-order valence-corrected chi connectivity index (χ2v) is 3.82. The molecule has 1 aromatic carbocycles. The molecule has 1 aromatic rings. The third-order valence-electron chi connectivity index (χ3n) is 2.76. The Morgan fingerprint density at radius 2 is 2.21 bits per heavy atom. The van der Waals surface area contributed by atoms with Gasteiger partial charge in [0.1, 0.15) is 5.75 Å². The van der Waals surface area contributed by atoms with E-state index in [2.05, 4.69) is 5.32 Å². The van der Waals surface area contributed by atoms with Gasteiger partial charge in [0.05, 0.1) is 5.69 Å². The average Bonchev–Trinajstić information content (AvgIpc) is 2.23. The average molecular weight is 192 g/mol. The largest absolute Gasteiger partial charge is 0.506 e. The lowest BCUT2D eigenvalue weighted by Gasteiger charge is -2.24. The van der Waals surface area contributed by atoms with E-state index in [4.69, 9.17) is 5.73 Å². The molecular weight excluding hydrogens is 176 g/mol. The number of phenols is 1. The Labute approximate surface area is 83.9 Å². The van der Waals surface area contributed by atoms with E-state index in [0.29, 0.717) is 11.7 Å². The van der Waals surface area contributed by atoms with E-state index in [1.807, 2.05) is 12.1 Å². The molecule has 0 radical (unpaired) electrons. The van der Waals surface area contributed by atoms with Crippen LogP contribution in [0.1, 0.15) is 30.9 Å². The summed E-state index contributed by atoms with van der Waals surface area (Å²) < 4.78 is 0. The minimum atomic E-state index is 0.171. The van der Waals surface area contributed by atoms with Crippen LogP contribution in [-0.4, -0.2) is 11.7 Å². The van der Waals surface area contributed by atoms with Crippen LogP contribution in [-0.2, 0) is 0 Å².